The third-order valence-corrected chi connectivity index (χ3v) is 13.4. The molecule has 0 bridgehead atoms. The molecule has 1 unspecified atom stereocenters. The van der Waals surface area contributed by atoms with Gasteiger partial charge in [-0.25, -0.2) is 4.39 Å². The first-order valence-electron chi connectivity index (χ1n) is 22.3. The zero-order valence-corrected chi connectivity index (χ0v) is 36.4. The molecular formula is C53H54FN7O3. The number of halogens is 1. The summed E-state index contributed by atoms with van der Waals surface area (Å²) in [7, 11) is 1.91. The van der Waals surface area contributed by atoms with Crippen molar-refractivity contribution in [3.8, 4) is 12.1 Å². The number of amides is 1. The number of aromatic nitrogens is 2. The van der Waals surface area contributed by atoms with Crippen molar-refractivity contribution < 1.29 is 19.0 Å². The van der Waals surface area contributed by atoms with Crippen molar-refractivity contribution in [2.24, 2.45) is 0 Å². The zero-order chi connectivity index (χ0) is 44.2. The molecule has 2 saturated heterocycles. The number of benzene rings is 5. The fourth-order valence-electron chi connectivity index (χ4n) is 10.2. The number of alkyl halides is 1. The van der Waals surface area contributed by atoms with Crippen LogP contribution in [0.25, 0.3) is 10.8 Å². The van der Waals surface area contributed by atoms with Gasteiger partial charge in [-0.05, 0) is 66.6 Å². The van der Waals surface area contributed by atoms with Gasteiger partial charge in [0.25, 0.3) is 0 Å². The number of rotatable bonds is 12. The van der Waals surface area contributed by atoms with E-state index in [2.05, 4.69) is 59.2 Å². The van der Waals surface area contributed by atoms with Gasteiger partial charge in [-0.1, -0.05) is 121 Å². The Morgan fingerprint density at radius 3 is 2.14 bits per heavy atom. The molecular weight excluding hydrogens is 802 g/mol. The van der Waals surface area contributed by atoms with Crippen LogP contribution in [-0.4, -0.2) is 102 Å². The lowest BCUT2D eigenvalue weighted by molar-refractivity contribution is -0.128. The fourth-order valence-corrected chi connectivity index (χ4v) is 10.2. The lowest BCUT2D eigenvalue weighted by Gasteiger charge is -2.42. The first-order chi connectivity index (χ1) is 31.2. The first-order valence-corrected chi connectivity index (χ1v) is 22.3. The van der Waals surface area contributed by atoms with Gasteiger partial charge in [-0.15, -0.1) is 0 Å². The Balaban J connectivity index is 1.00. The zero-order valence-electron chi connectivity index (χ0n) is 36.4. The Morgan fingerprint density at radius 2 is 1.52 bits per heavy atom. The van der Waals surface area contributed by atoms with Gasteiger partial charge < -0.3 is 24.5 Å². The van der Waals surface area contributed by atoms with Crippen LogP contribution in [0, 0.1) is 18.3 Å². The molecule has 10 nitrogen and oxygen atoms in total. The number of nitriles is 1. The number of hydrogen-bond acceptors (Lipinski definition) is 9. The second-order valence-electron chi connectivity index (χ2n) is 17.3. The molecule has 0 saturated carbocycles. The average molecular weight is 856 g/mol. The van der Waals surface area contributed by atoms with Crippen LogP contribution >= 0.6 is 0 Å². The summed E-state index contributed by atoms with van der Waals surface area (Å²) in [4.78, 5) is 32.6. The van der Waals surface area contributed by atoms with E-state index in [0.29, 0.717) is 45.6 Å². The summed E-state index contributed by atoms with van der Waals surface area (Å²) in [5.74, 6) is 0.472. The van der Waals surface area contributed by atoms with Crippen LogP contribution in [-0.2, 0) is 23.2 Å². The minimum Gasteiger partial charge on any atom is -0.462 e. The lowest BCUT2D eigenvalue weighted by atomic mass is 9.65. The Labute approximate surface area is 374 Å². The number of likely N-dealkylation sites (N-methyl/N-ethyl adjacent to an activating group) is 1. The normalized spacial score (nSPS) is 19.7. The van der Waals surface area contributed by atoms with Gasteiger partial charge in [0, 0.05) is 61.5 Å². The summed E-state index contributed by atoms with van der Waals surface area (Å²) in [6.07, 6.45) is 2.25. The van der Waals surface area contributed by atoms with Gasteiger partial charge >= 0.3 is 6.01 Å². The molecule has 1 aromatic heterocycles. The monoisotopic (exact) mass is 855 g/mol. The van der Waals surface area contributed by atoms with E-state index in [1.807, 2.05) is 103 Å². The molecule has 64 heavy (non-hydrogen) atoms. The quantitative estimate of drug-likeness (QED) is 0.0975. The number of aliphatic hydroxyl groups excluding tert-OH is 1. The highest BCUT2D eigenvalue weighted by Crippen LogP contribution is 2.43. The minimum absolute atomic E-state index is 0.0902. The number of aryl methyl sites for hydroxylation is 1. The second kappa shape index (κ2) is 18.6. The second-order valence-corrected chi connectivity index (χ2v) is 17.3. The van der Waals surface area contributed by atoms with Crippen LogP contribution in [0.2, 0.25) is 0 Å². The van der Waals surface area contributed by atoms with E-state index < -0.39 is 23.7 Å². The summed E-state index contributed by atoms with van der Waals surface area (Å²) in [5, 5.41) is 24.9. The molecule has 9 rings (SSSR count). The van der Waals surface area contributed by atoms with E-state index in [9.17, 15) is 19.6 Å². The van der Waals surface area contributed by atoms with Crippen molar-refractivity contribution in [2.75, 3.05) is 56.2 Å². The third kappa shape index (κ3) is 8.31. The van der Waals surface area contributed by atoms with Crippen molar-refractivity contribution >= 4 is 28.2 Å². The molecule has 6 aromatic rings. The summed E-state index contributed by atoms with van der Waals surface area (Å²) < 4.78 is 20.7. The number of aliphatic hydroxyl groups is 1. The standard InChI is InChI=1S/C53H54FN7O3/c1-37-14-12-15-38-16-13-23-47(50(37)38)59-29-27-45-46(35-59)56-52(64-36-44-32-42(54)33-58(44)2)57-51(45)60-30-31-61(43(34-60)26-28-55)49(63)25-24-48(62)53(39-17-6-3-7-18-39,40-19-8-4-9-20-40)41-21-10-5-11-22-41/h3-25,42-44,48,62H,26-27,29-36H2,1-2H3/b25-24+/t42-,43+,44-,48?/m1/s1. The maximum Gasteiger partial charge on any atom is 0.318 e. The molecule has 3 aliphatic heterocycles. The maximum absolute atomic E-state index is 14.4. The lowest BCUT2D eigenvalue weighted by Crippen LogP contribution is -2.55. The predicted molar refractivity (Wildman–Crippen MR) is 249 cm³/mol. The highest BCUT2D eigenvalue weighted by Gasteiger charge is 2.42. The predicted octanol–water partition coefficient (Wildman–Crippen LogP) is 7.80. The van der Waals surface area contributed by atoms with E-state index in [-0.39, 0.29) is 31.0 Å². The molecule has 0 spiro atoms. The maximum atomic E-state index is 14.4. The van der Waals surface area contributed by atoms with Crippen molar-refractivity contribution in [3.63, 3.8) is 0 Å². The Hall–Kier alpha value is -6.61. The van der Waals surface area contributed by atoms with Gasteiger partial charge in [-0.2, -0.15) is 15.2 Å². The molecule has 0 radical (unpaired) electrons. The first kappa shape index (κ1) is 42.7. The number of carbonyl (C=O) groups is 1. The number of carbonyl (C=O) groups excluding carboxylic acids is 1. The van der Waals surface area contributed by atoms with Gasteiger partial charge in [0.2, 0.25) is 5.91 Å². The van der Waals surface area contributed by atoms with Crippen LogP contribution in [0.4, 0.5) is 15.9 Å². The topological polar surface area (TPSA) is 109 Å². The average Bonchev–Trinajstić information content (AvgIpc) is 3.66. The molecule has 326 valence electrons. The van der Waals surface area contributed by atoms with E-state index in [1.165, 1.54) is 22.4 Å². The summed E-state index contributed by atoms with van der Waals surface area (Å²) in [5.41, 5.74) is 5.91. The van der Waals surface area contributed by atoms with Gasteiger partial charge in [0.05, 0.1) is 42.3 Å². The van der Waals surface area contributed by atoms with Crippen LogP contribution in [0.5, 0.6) is 6.01 Å². The Morgan fingerprint density at radius 1 is 0.859 bits per heavy atom. The number of piperazine rings is 1. The van der Waals surface area contributed by atoms with E-state index in [0.717, 1.165) is 46.0 Å². The smallest absolute Gasteiger partial charge is 0.318 e. The van der Waals surface area contributed by atoms with Crippen molar-refractivity contribution in [1.82, 2.24) is 19.8 Å². The molecule has 1 N–H and O–H groups in total. The number of likely N-dealkylation sites (tertiary alicyclic amines) is 1. The van der Waals surface area contributed by atoms with Gasteiger partial charge in [-0.3, -0.25) is 9.69 Å². The fraction of sp³-hybridized carbons (Fsp3) is 0.321. The Bertz CT molecular complexity index is 2560. The van der Waals surface area contributed by atoms with Crippen molar-refractivity contribution in [2.45, 2.75) is 62.5 Å². The third-order valence-electron chi connectivity index (χ3n) is 13.4. The van der Waals surface area contributed by atoms with Crippen LogP contribution in [0.3, 0.4) is 0 Å². The van der Waals surface area contributed by atoms with Gasteiger partial charge in [0.15, 0.2) is 0 Å². The molecule has 11 heteroatoms. The molecule has 4 atom stereocenters. The molecule has 2 fully saturated rings. The summed E-state index contributed by atoms with van der Waals surface area (Å²) >= 11 is 0. The molecule has 0 aliphatic carbocycles. The number of hydrogen-bond donors (Lipinski definition) is 1. The van der Waals surface area contributed by atoms with E-state index >= 15 is 0 Å². The summed E-state index contributed by atoms with van der Waals surface area (Å²) in [6.45, 7) is 5.27. The van der Waals surface area contributed by atoms with Crippen molar-refractivity contribution in [3.05, 3.63) is 173 Å². The Kier molecular flexibility index (Phi) is 12.4. The number of ether oxygens (including phenoxy) is 1. The molecule has 1 amide bonds. The van der Waals surface area contributed by atoms with Crippen LogP contribution < -0.4 is 14.5 Å². The highest BCUT2D eigenvalue weighted by molar-refractivity contribution is 5.97. The molecule has 3 aliphatic rings. The van der Waals surface area contributed by atoms with E-state index in [1.54, 1.807) is 11.0 Å². The number of fused-ring (bicyclic) bond motifs is 2. The van der Waals surface area contributed by atoms with Crippen molar-refractivity contribution in [1.29, 1.82) is 5.26 Å². The van der Waals surface area contributed by atoms with Crippen LogP contribution in [0.1, 0.15) is 46.4 Å². The van der Waals surface area contributed by atoms with Crippen LogP contribution in [0.15, 0.2) is 140 Å². The summed E-state index contributed by atoms with van der Waals surface area (Å²) in [6, 6.07) is 44.5. The molecule has 5 aromatic carbocycles. The number of anilines is 2. The van der Waals surface area contributed by atoms with Gasteiger partial charge in [0.1, 0.15) is 18.6 Å². The SMILES string of the molecule is Cc1cccc2cccc(N3CCc4c(nc(OC[C@H]5C[C@@H](F)CN5C)nc4N4CCN(C(=O)/C=C/C(O)C(c5ccccc5)(c5ccccc5)c5ccccc5)[C@@H](CC#N)C4)C3)c12. The number of nitrogens with zero attached hydrogens (tertiary/aromatic N) is 7. The van der Waals surface area contributed by atoms with E-state index in [4.69, 9.17) is 14.7 Å². The minimum atomic E-state index is -1.12. The highest BCUT2D eigenvalue weighted by atomic mass is 19.1. The molecule has 4 heterocycles. The largest absolute Gasteiger partial charge is 0.462 e.